The van der Waals surface area contributed by atoms with Gasteiger partial charge in [0, 0.05) is 6.20 Å². The molecule has 1 aliphatic carbocycles. The van der Waals surface area contributed by atoms with Gasteiger partial charge in [-0.15, -0.1) is 0 Å². The van der Waals surface area contributed by atoms with Crippen LogP contribution in [0.25, 0.3) is 11.2 Å². The third kappa shape index (κ3) is 2.42. The highest BCUT2D eigenvalue weighted by atomic mass is 16.5. The summed E-state index contributed by atoms with van der Waals surface area (Å²) in [5, 5.41) is 9.18. The van der Waals surface area contributed by atoms with Crippen molar-refractivity contribution in [3.05, 3.63) is 47.3 Å². The van der Waals surface area contributed by atoms with E-state index in [9.17, 15) is 9.90 Å². The van der Waals surface area contributed by atoms with Crippen molar-refractivity contribution in [3.63, 3.8) is 0 Å². The summed E-state index contributed by atoms with van der Waals surface area (Å²) >= 11 is 0. The van der Waals surface area contributed by atoms with Gasteiger partial charge in [-0.2, -0.15) is 0 Å². The lowest BCUT2D eigenvalue weighted by molar-refractivity contribution is 0.0699. The molecule has 0 saturated carbocycles. The quantitative estimate of drug-likeness (QED) is 0.774. The van der Waals surface area contributed by atoms with Crippen molar-refractivity contribution >= 4 is 17.1 Å². The second-order valence-electron chi connectivity index (χ2n) is 5.62. The van der Waals surface area contributed by atoms with Gasteiger partial charge in [0.25, 0.3) is 0 Å². The molecule has 0 bridgehead atoms. The molecule has 1 aromatic carbocycles. The standard InChI is InChI=1S/C17H15N3O3/c21-17(22)12-8-18-16-15(12)20-14(9-19-16)23-13-7-3-5-10-4-1-2-6-11(10)13/h3,5,7-9H,1-2,4,6H2,(H,18,19)(H,21,22). The van der Waals surface area contributed by atoms with Gasteiger partial charge >= 0.3 is 5.97 Å². The van der Waals surface area contributed by atoms with Crippen LogP contribution in [0.15, 0.2) is 30.6 Å². The second-order valence-corrected chi connectivity index (χ2v) is 5.62. The lowest BCUT2D eigenvalue weighted by atomic mass is 9.91. The Morgan fingerprint density at radius 3 is 3.00 bits per heavy atom. The molecule has 4 rings (SSSR count). The number of ether oxygens (including phenoxy) is 1. The van der Waals surface area contributed by atoms with E-state index in [2.05, 4.69) is 21.0 Å². The lowest BCUT2D eigenvalue weighted by Gasteiger charge is -2.18. The molecule has 2 N–H and O–H groups in total. The van der Waals surface area contributed by atoms with E-state index in [1.165, 1.54) is 29.9 Å². The normalized spacial score (nSPS) is 13.7. The molecule has 2 aromatic heterocycles. The first-order chi connectivity index (χ1) is 11.2. The van der Waals surface area contributed by atoms with Crippen LogP contribution in [0.3, 0.4) is 0 Å². The third-order valence-corrected chi connectivity index (χ3v) is 4.16. The molecule has 0 atom stereocenters. The maximum absolute atomic E-state index is 11.2. The minimum absolute atomic E-state index is 0.0908. The summed E-state index contributed by atoms with van der Waals surface area (Å²) in [6, 6.07) is 6.03. The van der Waals surface area contributed by atoms with Crippen molar-refractivity contribution in [2.45, 2.75) is 25.7 Å². The number of carbonyl (C=O) groups is 1. The number of rotatable bonds is 3. The molecule has 0 saturated heterocycles. The summed E-state index contributed by atoms with van der Waals surface area (Å²) in [4.78, 5) is 22.5. The lowest BCUT2D eigenvalue weighted by Crippen LogP contribution is -2.05. The van der Waals surface area contributed by atoms with Gasteiger partial charge in [-0.1, -0.05) is 12.1 Å². The first-order valence-corrected chi connectivity index (χ1v) is 7.58. The number of nitrogens with zero attached hydrogens (tertiary/aromatic N) is 2. The van der Waals surface area contributed by atoms with Gasteiger partial charge in [-0.3, -0.25) is 0 Å². The molecular formula is C17H15N3O3. The second kappa shape index (κ2) is 5.39. The van der Waals surface area contributed by atoms with E-state index in [0.29, 0.717) is 17.0 Å². The van der Waals surface area contributed by atoms with Gasteiger partial charge < -0.3 is 14.8 Å². The number of H-pyrrole nitrogens is 1. The highest BCUT2D eigenvalue weighted by molar-refractivity contribution is 6.00. The Labute approximate surface area is 132 Å². The van der Waals surface area contributed by atoms with Crippen molar-refractivity contribution in [2.24, 2.45) is 0 Å². The van der Waals surface area contributed by atoms with Crippen LogP contribution in [-0.2, 0) is 12.8 Å². The summed E-state index contributed by atoms with van der Waals surface area (Å²) in [5.41, 5.74) is 3.36. The maximum Gasteiger partial charge on any atom is 0.339 e. The number of aromatic amines is 1. The molecule has 23 heavy (non-hydrogen) atoms. The molecule has 1 aliphatic rings. The molecule has 0 amide bonds. The minimum Gasteiger partial charge on any atom is -0.478 e. The van der Waals surface area contributed by atoms with Crippen LogP contribution in [-0.4, -0.2) is 26.0 Å². The van der Waals surface area contributed by atoms with Gasteiger partial charge in [0.1, 0.15) is 16.8 Å². The third-order valence-electron chi connectivity index (χ3n) is 4.16. The zero-order chi connectivity index (χ0) is 15.8. The van der Waals surface area contributed by atoms with Gasteiger partial charge in [-0.05, 0) is 42.9 Å². The Balaban J connectivity index is 1.73. The zero-order valence-electron chi connectivity index (χ0n) is 12.4. The van der Waals surface area contributed by atoms with Crippen LogP contribution in [0.1, 0.15) is 34.3 Å². The van der Waals surface area contributed by atoms with E-state index in [1.807, 2.05) is 12.1 Å². The van der Waals surface area contributed by atoms with Crippen molar-refractivity contribution < 1.29 is 14.6 Å². The molecule has 0 fully saturated rings. The number of aryl methyl sites for hydroxylation is 1. The number of aromatic carboxylic acids is 1. The van der Waals surface area contributed by atoms with Crippen LogP contribution in [0.2, 0.25) is 0 Å². The average molecular weight is 309 g/mol. The number of carboxylic acids is 1. The summed E-state index contributed by atoms with van der Waals surface area (Å²) in [7, 11) is 0. The number of hydrogen-bond acceptors (Lipinski definition) is 4. The highest BCUT2D eigenvalue weighted by Crippen LogP contribution is 2.32. The van der Waals surface area contributed by atoms with Crippen molar-refractivity contribution in [1.82, 2.24) is 15.0 Å². The van der Waals surface area contributed by atoms with Crippen molar-refractivity contribution in [1.29, 1.82) is 0 Å². The largest absolute Gasteiger partial charge is 0.478 e. The molecule has 0 unspecified atom stereocenters. The fourth-order valence-electron chi connectivity index (χ4n) is 3.04. The van der Waals surface area contributed by atoms with Gasteiger partial charge in [-0.25, -0.2) is 14.8 Å². The molecule has 3 aromatic rings. The minimum atomic E-state index is -1.04. The molecule has 0 spiro atoms. The van der Waals surface area contributed by atoms with E-state index in [1.54, 1.807) is 0 Å². The van der Waals surface area contributed by atoms with E-state index in [-0.39, 0.29) is 5.56 Å². The highest BCUT2D eigenvalue weighted by Gasteiger charge is 2.17. The van der Waals surface area contributed by atoms with Crippen LogP contribution in [0.4, 0.5) is 0 Å². The molecule has 116 valence electrons. The Morgan fingerprint density at radius 1 is 1.26 bits per heavy atom. The summed E-state index contributed by atoms with van der Waals surface area (Å²) in [5.74, 6) is 0.0432. The van der Waals surface area contributed by atoms with Gasteiger partial charge in [0.15, 0.2) is 5.65 Å². The van der Waals surface area contributed by atoms with Gasteiger partial charge in [0.2, 0.25) is 5.88 Å². The number of fused-ring (bicyclic) bond motifs is 2. The van der Waals surface area contributed by atoms with Gasteiger partial charge in [0.05, 0.1) is 6.20 Å². The topological polar surface area (TPSA) is 88.1 Å². The molecular weight excluding hydrogens is 294 g/mol. The molecule has 2 heterocycles. The SMILES string of the molecule is O=C(O)c1c[nH]c2ncc(Oc3cccc4c3CCCC4)nc12. The molecule has 6 heteroatoms. The molecule has 6 nitrogen and oxygen atoms in total. The fourth-order valence-corrected chi connectivity index (χ4v) is 3.04. The van der Waals surface area contributed by atoms with Crippen LogP contribution in [0, 0.1) is 0 Å². The first-order valence-electron chi connectivity index (χ1n) is 7.58. The van der Waals surface area contributed by atoms with Crippen molar-refractivity contribution in [2.75, 3.05) is 0 Å². The average Bonchev–Trinajstić information content (AvgIpc) is 2.99. The van der Waals surface area contributed by atoms with Crippen LogP contribution in [0.5, 0.6) is 11.6 Å². The Morgan fingerprint density at radius 2 is 2.13 bits per heavy atom. The van der Waals surface area contributed by atoms with Crippen LogP contribution < -0.4 is 4.74 Å². The smallest absolute Gasteiger partial charge is 0.339 e. The predicted octanol–water partition coefficient (Wildman–Crippen LogP) is 3.33. The number of benzene rings is 1. The summed E-state index contributed by atoms with van der Waals surface area (Å²) < 4.78 is 5.91. The maximum atomic E-state index is 11.2. The first kappa shape index (κ1) is 13.8. The summed E-state index contributed by atoms with van der Waals surface area (Å²) in [6.45, 7) is 0. The number of aromatic nitrogens is 3. The van der Waals surface area contributed by atoms with E-state index in [4.69, 9.17) is 4.74 Å². The Kier molecular flexibility index (Phi) is 3.22. The summed E-state index contributed by atoms with van der Waals surface area (Å²) in [6.07, 6.45) is 7.31. The number of carboxylic acid groups (broad SMARTS) is 1. The Bertz CT molecular complexity index is 901. The zero-order valence-corrected chi connectivity index (χ0v) is 12.4. The predicted molar refractivity (Wildman–Crippen MR) is 84.0 cm³/mol. The molecule has 0 aliphatic heterocycles. The van der Waals surface area contributed by atoms with Crippen molar-refractivity contribution in [3.8, 4) is 11.6 Å². The number of nitrogens with one attached hydrogen (secondary N) is 1. The van der Waals surface area contributed by atoms with E-state index in [0.717, 1.165) is 25.0 Å². The van der Waals surface area contributed by atoms with E-state index >= 15 is 0 Å². The van der Waals surface area contributed by atoms with Crippen LogP contribution >= 0.6 is 0 Å². The monoisotopic (exact) mass is 309 g/mol. The van der Waals surface area contributed by atoms with E-state index < -0.39 is 5.97 Å². The fraction of sp³-hybridized carbons (Fsp3) is 0.235. The Hall–Kier alpha value is -2.89. The number of hydrogen-bond donors (Lipinski definition) is 2. The molecule has 0 radical (unpaired) electrons.